The molecule has 0 spiro atoms. The molecule has 0 aromatic heterocycles. The maximum Gasteiger partial charge on any atom is 0.255 e. The minimum atomic E-state index is -3.26. The lowest BCUT2D eigenvalue weighted by atomic mass is 10.1. The second kappa shape index (κ2) is 9.81. The van der Waals surface area contributed by atoms with Crippen LogP contribution in [0.1, 0.15) is 39.9 Å². The zero-order valence-corrected chi connectivity index (χ0v) is 20.1. The lowest BCUT2D eigenvalue weighted by Crippen LogP contribution is -2.16. The Hall–Kier alpha value is -3.45. The van der Waals surface area contributed by atoms with Crippen LogP contribution in [0.15, 0.2) is 71.6 Å². The topological polar surface area (TPSA) is 92.3 Å². The minimum absolute atomic E-state index is 0.123. The molecular formula is C27H28N2O4S. The van der Waals surface area contributed by atoms with E-state index >= 15 is 0 Å². The van der Waals surface area contributed by atoms with Gasteiger partial charge in [0.25, 0.3) is 5.91 Å². The number of hydrogen-bond acceptors (Lipinski definition) is 4. The molecule has 2 N–H and O–H groups in total. The van der Waals surface area contributed by atoms with Crippen molar-refractivity contribution in [1.82, 2.24) is 0 Å². The van der Waals surface area contributed by atoms with E-state index in [1.165, 1.54) is 0 Å². The van der Waals surface area contributed by atoms with Gasteiger partial charge in [-0.25, -0.2) is 8.42 Å². The average molecular weight is 477 g/mol. The first-order valence-electron chi connectivity index (χ1n) is 11.3. The number of nitrogens with one attached hydrogen (secondary N) is 2. The number of anilines is 2. The maximum atomic E-state index is 12.6. The molecule has 0 saturated heterocycles. The number of aryl methyl sites for hydroxylation is 2. The summed E-state index contributed by atoms with van der Waals surface area (Å²) in [5, 5.41) is 5.76. The van der Waals surface area contributed by atoms with Gasteiger partial charge in [0, 0.05) is 16.9 Å². The second-order valence-electron chi connectivity index (χ2n) is 8.89. The number of carbonyl (C=O) groups is 2. The number of sulfone groups is 1. The third-order valence-corrected chi connectivity index (χ3v) is 7.85. The van der Waals surface area contributed by atoms with E-state index in [-0.39, 0.29) is 24.0 Å². The third kappa shape index (κ3) is 5.91. The van der Waals surface area contributed by atoms with Gasteiger partial charge in [-0.1, -0.05) is 30.3 Å². The van der Waals surface area contributed by atoms with Crippen molar-refractivity contribution in [1.29, 1.82) is 0 Å². The number of carbonyl (C=O) groups excluding carboxylic acids is 2. The first kappa shape index (κ1) is 23.7. The maximum absolute atomic E-state index is 12.6. The molecule has 2 amide bonds. The quantitative estimate of drug-likeness (QED) is 0.483. The second-order valence-corrected chi connectivity index (χ2v) is 10.9. The Labute approximate surface area is 200 Å². The van der Waals surface area contributed by atoms with Gasteiger partial charge in [0.05, 0.1) is 17.1 Å². The van der Waals surface area contributed by atoms with Gasteiger partial charge >= 0.3 is 0 Å². The molecule has 0 bridgehead atoms. The molecule has 6 nitrogen and oxygen atoms in total. The van der Waals surface area contributed by atoms with Crippen LogP contribution in [0.4, 0.5) is 11.4 Å². The van der Waals surface area contributed by atoms with Crippen molar-refractivity contribution < 1.29 is 18.0 Å². The zero-order valence-electron chi connectivity index (χ0n) is 19.3. The molecule has 0 heterocycles. The van der Waals surface area contributed by atoms with E-state index in [0.29, 0.717) is 22.1 Å². The van der Waals surface area contributed by atoms with Gasteiger partial charge in [0.1, 0.15) is 0 Å². The van der Waals surface area contributed by atoms with Gasteiger partial charge in [0.15, 0.2) is 9.84 Å². The predicted octanol–water partition coefficient (Wildman–Crippen LogP) is 4.92. The number of para-hydroxylation sites is 1. The van der Waals surface area contributed by atoms with Crippen molar-refractivity contribution in [3.8, 4) is 0 Å². The summed E-state index contributed by atoms with van der Waals surface area (Å²) < 4.78 is 24.7. The Kier molecular flexibility index (Phi) is 6.84. The Morgan fingerprint density at radius 1 is 0.853 bits per heavy atom. The van der Waals surface area contributed by atoms with E-state index in [9.17, 15) is 18.0 Å². The Bertz CT molecular complexity index is 1290. The highest BCUT2D eigenvalue weighted by Crippen LogP contribution is 2.32. The molecule has 1 saturated carbocycles. The van der Waals surface area contributed by atoms with Crippen LogP contribution >= 0.6 is 0 Å². The van der Waals surface area contributed by atoms with Crippen LogP contribution in [0.2, 0.25) is 0 Å². The predicted molar refractivity (Wildman–Crippen MR) is 134 cm³/mol. The van der Waals surface area contributed by atoms with Crippen molar-refractivity contribution in [2.24, 2.45) is 5.92 Å². The van der Waals surface area contributed by atoms with Gasteiger partial charge in [-0.15, -0.1) is 0 Å². The molecule has 1 fully saturated rings. The van der Waals surface area contributed by atoms with Gasteiger partial charge < -0.3 is 10.6 Å². The lowest BCUT2D eigenvalue weighted by molar-refractivity contribution is -0.115. The van der Waals surface area contributed by atoms with Crippen LogP contribution in [0, 0.1) is 19.8 Å². The largest absolute Gasteiger partial charge is 0.326 e. The molecule has 34 heavy (non-hydrogen) atoms. The first-order chi connectivity index (χ1) is 16.2. The molecule has 7 heteroatoms. The fourth-order valence-electron chi connectivity index (χ4n) is 3.80. The Morgan fingerprint density at radius 2 is 1.47 bits per heavy atom. The van der Waals surface area contributed by atoms with Gasteiger partial charge in [-0.3, -0.25) is 9.59 Å². The summed E-state index contributed by atoms with van der Waals surface area (Å²) in [5.74, 6) is 0.0543. The van der Waals surface area contributed by atoms with E-state index in [1.54, 1.807) is 48.5 Å². The fourth-order valence-corrected chi connectivity index (χ4v) is 5.50. The highest BCUT2D eigenvalue weighted by molar-refractivity contribution is 7.91. The number of amides is 2. The molecule has 176 valence electrons. The van der Waals surface area contributed by atoms with Crippen LogP contribution in [0.3, 0.4) is 0 Å². The van der Waals surface area contributed by atoms with Gasteiger partial charge in [0.2, 0.25) is 5.91 Å². The molecule has 3 aromatic carbocycles. The summed E-state index contributed by atoms with van der Waals surface area (Å²) in [7, 11) is -3.26. The summed E-state index contributed by atoms with van der Waals surface area (Å²) in [4.78, 5) is 25.4. The standard InChI is InChI=1S/C27H28N2O4S/c1-18-4-3-5-19(2)26(18)29-27(31)22-10-12-23(13-11-22)28-25(30)16-20-8-14-24(15-9-20)34(32,33)17-21-6-7-21/h3-5,8-15,21H,6-7,16-17H2,1-2H3,(H,28,30)(H,29,31). The molecule has 3 aromatic rings. The zero-order chi connectivity index (χ0) is 24.3. The van der Waals surface area contributed by atoms with E-state index in [2.05, 4.69) is 10.6 Å². The summed E-state index contributed by atoms with van der Waals surface area (Å²) >= 11 is 0. The average Bonchev–Trinajstić information content (AvgIpc) is 3.60. The minimum Gasteiger partial charge on any atom is -0.326 e. The number of hydrogen-bond donors (Lipinski definition) is 2. The van der Waals surface area contributed by atoms with Gasteiger partial charge in [-0.05, 0) is 85.7 Å². The third-order valence-electron chi connectivity index (χ3n) is 5.95. The Balaban J connectivity index is 1.33. The van der Waals surface area contributed by atoms with Crippen LogP contribution in [0.5, 0.6) is 0 Å². The van der Waals surface area contributed by atoms with E-state index < -0.39 is 9.84 Å². The molecular weight excluding hydrogens is 448 g/mol. The highest BCUT2D eigenvalue weighted by Gasteiger charge is 2.29. The molecule has 0 aliphatic heterocycles. The molecule has 0 unspecified atom stereocenters. The highest BCUT2D eigenvalue weighted by atomic mass is 32.2. The summed E-state index contributed by atoms with van der Waals surface area (Å²) in [6.45, 7) is 3.89. The van der Waals surface area contributed by atoms with Crippen molar-refractivity contribution >= 4 is 33.0 Å². The monoisotopic (exact) mass is 476 g/mol. The lowest BCUT2D eigenvalue weighted by Gasteiger charge is -2.12. The molecule has 1 aliphatic carbocycles. The van der Waals surface area contributed by atoms with E-state index in [1.807, 2.05) is 32.0 Å². The summed E-state index contributed by atoms with van der Waals surface area (Å²) in [5.41, 5.74) is 4.58. The first-order valence-corrected chi connectivity index (χ1v) is 13.0. The van der Waals surface area contributed by atoms with Crippen molar-refractivity contribution in [2.45, 2.75) is 38.0 Å². The Morgan fingerprint density at radius 3 is 2.06 bits per heavy atom. The fraction of sp³-hybridized carbons (Fsp3) is 0.259. The number of rotatable bonds is 8. The number of benzene rings is 3. The molecule has 0 radical (unpaired) electrons. The molecule has 0 atom stereocenters. The van der Waals surface area contributed by atoms with Crippen molar-refractivity contribution in [3.63, 3.8) is 0 Å². The van der Waals surface area contributed by atoms with Crippen LogP contribution in [0.25, 0.3) is 0 Å². The molecule has 1 aliphatic rings. The van der Waals surface area contributed by atoms with Crippen LogP contribution < -0.4 is 10.6 Å². The van der Waals surface area contributed by atoms with E-state index in [0.717, 1.165) is 35.2 Å². The van der Waals surface area contributed by atoms with Crippen molar-refractivity contribution in [2.75, 3.05) is 16.4 Å². The molecule has 4 rings (SSSR count). The van der Waals surface area contributed by atoms with Crippen LogP contribution in [-0.4, -0.2) is 26.0 Å². The normalized spacial score (nSPS) is 13.4. The smallest absolute Gasteiger partial charge is 0.255 e. The van der Waals surface area contributed by atoms with Crippen LogP contribution in [-0.2, 0) is 21.1 Å². The van der Waals surface area contributed by atoms with Crippen molar-refractivity contribution in [3.05, 3.63) is 89.0 Å². The van der Waals surface area contributed by atoms with Gasteiger partial charge in [-0.2, -0.15) is 0 Å². The summed E-state index contributed by atoms with van der Waals surface area (Å²) in [6.07, 6.45) is 2.09. The SMILES string of the molecule is Cc1cccc(C)c1NC(=O)c1ccc(NC(=O)Cc2ccc(S(=O)(=O)CC3CC3)cc2)cc1. The summed E-state index contributed by atoms with van der Waals surface area (Å²) in [6, 6.07) is 19.0. The van der Waals surface area contributed by atoms with E-state index in [4.69, 9.17) is 0 Å².